The Morgan fingerprint density at radius 3 is 2.65 bits per heavy atom. The largest absolute Gasteiger partial charge is 0.370 e. The van der Waals surface area contributed by atoms with Gasteiger partial charge in [-0.15, -0.1) is 0 Å². The Labute approximate surface area is 132 Å². The third-order valence-corrected chi connectivity index (χ3v) is 3.44. The first-order chi connectivity index (χ1) is 11.1. The van der Waals surface area contributed by atoms with Gasteiger partial charge >= 0.3 is 0 Å². The molecular weight excluding hydrogens is 297 g/mol. The number of nitrogens with two attached hydrogens (primary N) is 1. The van der Waals surface area contributed by atoms with E-state index in [-0.39, 0.29) is 12.4 Å². The zero-order valence-electron chi connectivity index (χ0n) is 12.4. The predicted molar refractivity (Wildman–Crippen MR) is 85.1 cm³/mol. The van der Waals surface area contributed by atoms with Crippen molar-refractivity contribution in [2.24, 2.45) is 5.73 Å². The normalized spacial score (nSPS) is 11.0. The molecule has 1 heterocycles. The molecule has 0 bridgehead atoms. The molecule has 0 unspecified atom stereocenters. The molecule has 23 heavy (non-hydrogen) atoms. The van der Waals surface area contributed by atoms with Crippen LogP contribution in [-0.2, 0) is 16.1 Å². The van der Waals surface area contributed by atoms with Gasteiger partial charge in [0.1, 0.15) is 12.4 Å². The van der Waals surface area contributed by atoms with Gasteiger partial charge in [0.15, 0.2) is 0 Å². The fraction of sp³-hybridized carbons (Fsp3) is 0.176. The average molecular weight is 313 g/mol. The van der Waals surface area contributed by atoms with E-state index in [1.165, 1.54) is 12.1 Å². The lowest BCUT2D eigenvalue weighted by atomic mass is 10.0. The van der Waals surface area contributed by atoms with Gasteiger partial charge in [0.2, 0.25) is 5.91 Å². The van der Waals surface area contributed by atoms with E-state index in [2.05, 4.69) is 5.10 Å². The van der Waals surface area contributed by atoms with Crippen molar-refractivity contribution in [2.45, 2.75) is 6.54 Å². The molecule has 1 aromatic heterocycles. The van der Waals surface area contributed by atoms with Crippen LogP contribution in [0.5, 0.6) is 0 Å². The SMILES string of the molecule is NC(=O)COCCn1cc2ccc(-c3ccc(F)cc3)cc2n1. The smallest absolute Gasteiger partial charge is 0.243 e. The van der Waals surface area contributed by atoms with Gasteiger partial charge in [-0.2, -0.15) is 5.10 Å². The second-order valence-electron chi connectivity index (χ2n) is 5.19. The van der Waals surface area contributed by atoms with Gasteiger partial charge in [-0.3, -0.25) is 9.48 Å². The Balaban J connectivity index is 1.75. The summed E-state index contributed by atoms with van der Waals surface area (Å²) in [7, 11) is 0. The third-order valence-electron chi connectivity index (χ3n) is 3.44. The van der Waals surface area contributed by atoms with E-state index in [0.717, 1.165) is 22.0 Å². The molecule has 0 aliphatic heterocycles. The first-order valence-electron chi connectivity index (χ1n) is 7.21. The maximum atomic E-state index is 13.0. The number of primary amides is 1. The van der Waals surface area contributed by atoms with Crippen LogP contribution in [0.25, 0.3) is 22.0 Å². The summed E-state index contributed by atoms with van der Waals surface area (Å²) in [6.07, 6.45) is 1.91. The van der Waals surface area contributed by atoms with Gasteiger partial charge in [-0.1, -0.05) is 24.3 Å². The molecule has 0 aliphatic carbocycles. The van der Waals surface area contributed by atoms with Crippen LogP contribution < -0.4 is 5.73 Å². The minimum Gasteiger partial charge on any atom is -0.370 e. The van der Waals surface area contributed by atoms with E-state index in [0.29, 0.717) is 13.2 Å². The summed E-state index contributed by atoms with van der Waals surface area (Å²) in [6.45, 7) is 0.811. The fourth-order valence-electron chi connectivity index (χ4n) is 2.33. The predicted octanol–water partition coefficient (Wildman–Crippen LogP) is 2.34. The Morgan fingerprint density at radius 2 is 1.91 bits per heavy atom. The zero-order chi connectivity index (χ0) is 16.2. The molecule has 2 N–H and O–H groups in total. The Morgan fingerprint density at radius 1 is 1.17 bits per heavy atom. The molecule has 0 aliphatic rings. The van der Waals surface area contributed by atoms with Gasteiger partial charge in [-0.25, -0.2) is 4.39 Å². The second-order valence-corrected chi connectivity index (χ2v) is 5.19. The van der Waals surface area contributed by atoms with Gasteiger partial charge < -0.3 is 10.5 Å². The molecule has 0 saturated heterocycles. The molecule has 0 spiro atoms. The van der Waals surface area contributed by atoms with Crippen LogP contribution in [0.3, 0.4) is 0 Å². The van der Waals surface area contributed by atoms with E-state index < -0.39 is 5.91 Å². The summed E-state index contributed by atoms with van der Waals surface area (Å²) < 4.78 is 19.9. The number of carbonyl (C=O) groups excluding carboxylic acids is 1. The molecule has 0 saturated carbocycles. The van der Waals surface area contributed by atoms with Crippen LogP contribution >= 0.6 is 0 Å². The molecule has 0 atom stereocenters. The number of aromatic nitrogens is 2. The quantitative estimate of drug-likeness (QED) is 0.710. The van der Waals surface area contributed by atoms with Crippen molar-refractivity contribution < 1.29 is 13.9 Å². The van der Waals surface area contributed by atoms with E-state index in [9.17, 15) is 9.18 Å². The van der Waals surface area contributed by atoms with Gasteiger partial charge in [0.25, 0.3) is 0 Å². The Hall–Kier alpha value is -2.73. The molecule has 0 radical (unpaired) electrons. The summed E-state index contributed by atoms with van der Waals surface area (Å²) in [6, 6.07) is 12.3. The molecule has 5 nitrogen and oxygen atoms in total. The number of amides is 1. The lowest BCUT2D eigenvalue weighted by Crippen LogP contribution is -2.19. The van der Waals surface area contributed by atoms with Crippen LogP contribution in [0.4, 0.5) is 4.39 Å². The summed E-state index contributed by atoms with van der Waals surface area (Å²) >= 11 is 0. The summed E-state index contributed by atoms with van der Waals surface area (Å²) in [5.74, 6) is -0.741. The molecule has 118 valence electrons. The molecule has 1 amide bonds. The zero-order valence-corrected chi connectivity index (χ0v) is 12.4. The Bertz CT molecular complexity index is 827. The van der Waals surface area contributed by atoms with Crippen LogP contribution in [-0.4, -0.2) is 28.9 Å². The van der Waals surface area contributed by atoms with E-state index in [4.69, 9.17) is 10.5 Å². The number of ether oxygens (including phenoxy) is 1. The van der Waals surface area contributed by atoms with Crippen LogP contribution in [0.1, 0.15) is 0 Å². The standard InChI is InChI=1S/C17H16FN3O2/c18-15-5-3-12(4-6-15)13-1-2-14-10-21(20-16(14)9-13)7-8-23-11-17(19)22/h1-6,9-10H,7-8,11H2,(H2,19,22). The highest BCUT2D eigenvalue weighted by Crippen LogP contribution is 2.24. The van der Waals surface area contributed by atoms with Crippen molar-refractivity contribution in [3.63, 3.8) is 0 Å². The maximum Gasteiger partial charge on any atom is 0.243 e. The van der Waals surface area contributed by atoms with Crippen molar-refractivity contribution >= 4 is 16.8 Å². The van der Waals surface area contributed by atoms with Crippen molar-refractivity contribution in [1.82, 2.24) is 9.78 Å². The summed E-state index contributed by atoms with van der Waals surface area (Å²) in [4.78, 5) is 10.6. The highest BCUT2D eigenvalue weighted by Gasteiger charge is 2.04. The maximum absolute atomic E-state index is 13.0. The van der Waals surface area contributed by atoms with Crippen molar-refractivity contribution in [1.29, 1.82) is 0 Å². The minimum atomic E-state index is -0.487. The molecule has 6 heteroatoms. The number of hydrogen-bond acceptors (Lipinski definition) is 3. The van der Waals surface area contributed by atoms with Gasteiger partial charge in [-0.05, 0) is 29.3 Å². The first kappa shape index (κ1) is 15.2. The molecule has 3 rings (SSSR count). The lowest BCUT2D eigenvalue weighted by Gasteiger charge is -2.01. The van der Waals surface area contributed by atoms with Crippen molar-refractivity contribution in [2.75, 3.05) is 13.2 Å². The van der Waals surface area contributed by atoms with Crippen molar-refractivity contribution in [3.8, 4) is 11.1 Å². The highest BCUT2D eigenvalue weighted by molar-refractivity contribution is 5.83. The number of halogens is 1. The average Bonchev–Trinajstić information content (AvgIpc) is 2.94. The minimum absolute atomic E-state index is 0.0878. The topological polar surface area (TPSA) is 70.1 Å². The summed E-state index contributed by atoms with van der Waals surface area (Å²) in [5.41, 5.74) is 7.77. The Kier molecular flexibility index (Phi) is 4.34. The number of carbonyl (C=O) groups is 1. The number of rotatable bonds is 6. The highest BCUT2D eigenvalue weighted by atomic mass is 19.1. The fourth-order valence-corrected chi connectivity index (χ4v) is 2.33. The number of nitrogens with zero attached hydrogens (tertiary/aromatic N) is 2. The molecular formula is C17H16FN3O2. The van der Waals surface area contributed by atoms with Crippen LogP contribution in [0.2, 0.25) is 0 Å². The van der Waals surface area contributed by atoms with E-state index in [1.807, 2.05) is 24.4 Å². The molecule has 2 aromatic carbocycles. The lowest BCUT2D eigenvalue weighted by molar-refractivity contribution is -0.122. The molecule has 3 aromatic rings. The van der Waals surface area contributed by atoms with Crippen molar-refractivity contribution in [3.05, 3.63) is 54.5 Å². The molecule has 0 fully saturated rings. The van der Waals surface area contributed by atoms with Gasteiger partial charge in [0, 0.05) is 11.6 Å². The number of benzene rings is 2. The first-order valence-corrected chi connectivity index (χ1v) is 7.21. The number of hydrogen-bond donors (Lipinski definition) is 1. The summed E-state index contributed by atoms with van der Waals surface area (Å²) in [5, 5.41) is 5.48. The van der Waals surface area contributed by atoms with E-state index in [1.54, 1.807) is 16.8 Å². The third kappa shape index (κ3) is 3.73. The van der Waals surface area contributed by atoms with E-state index >= 15 is 0 Å². The van der Waals surface area contributed by atoms with Crippen LogP contribution in [0.15, 0.2) is 48.7 Å². The second kappa shape index (κ2) is 6.58. The number of fused-ring (bicyclic) bond motifs is 1. The van der Waals surface area contributed by atoms with Gasteiger partial charge in [0.05, 0.1) is 18.7 Å². The van der Waals surface area contributed by atoms with Crippen LogP contribution in [0, 0.1) is 5.82 Å². The monoisotopic (exact) mass is 313 g/mol.